The first-order valence-electron chi connectivity index (χ1n) is 9.77. The third-order valence-corrected chi connectivity index (χ3v) is 7.38. The van der Waals surface area contributed by atoms with E-state index in [0.29, 0.717) is 5.56 Å². The summed E-state index contributed by atoms with van der Waals surface area (Å²) >= 11 is 1.45. The van der Waals surface area contributed by atoms with Crippen molar-refractivity contribution in [3.63, 3.8) is 0 Å². The topological polar surface area (TPSA) is 101 Å². The zero-order chi connectivity index (χ0) is 21.0. The second kappa shape index (κ2) is 9.03. The van der Waals surface area contributed by atoms with Gasteiger partial charge >= 0.3 is 0 Å². The molecule has 1 saturated carbocycles. The molecule has 0 aliphatic heterocycles. The monoisotopic (exact) mass is 442 g/mol. The number of hydrogen-bond acceptors (Lipinski definition) is 6. The van der Waals surface area contributed by atoms with Crippen molar-refractivity contribution in [2.45, 2.75) is 43.2 Å². The van der Waals surface area contributed by atoms with E-state index in [9.17, 15) is 13.2 Å². The van der Waals surface area contributed by atoms with Crippen LogP contribution in [0.3, 0.4) is 0 Å². The van der Waals surface area contributed by atoms with Gasteiger partial charge in [0.05, 0.1) is 17.1 Å². The van der Waals surface area contributed by atoms with Gasteiger partial charge < -0.3 is 5.32 Å². The Labute approximate surface area is 179 Å². The molecule has 1 aromatic carbocycles. The van der Waals surface area contributed by atoms with E-state index < -0.39 is 10.0 Å². The lowest BCUT2D eigenvalue weighted by Crippen LogP contribution is -2.32. The minimum Gasteiger partial charge on any atom is -0.346 e. The van der Waals surface area contributed by atoms with E-state index in [4.69, 9.17) is 0 Å². The predicted molar refractivity (Wildman–Crippen MR) is 116 cm³/mol. The zero-order valence-electron chi connectivity index (χ0n) is 16.2. The fourth-order valence-corrected chi connectivity index (χ4v) is 5.53. The van der Waals surface area contributed by atoms with Crippen molar-refractivity contribution in [3.8, 4) is 11.3 Å². The van der Waals surface area contributed by atoms with Crippen LogP contribution in [0, 0.1) is 0 Å². The number of sulfonamides is 1. The molecule has 2 heterocycles. The number of benzene rings is 1. The molecule has 1 aliphatic rings. The van der Waals surface area contributed by atoms with E-state index in [-0.39, 0.29) is 23.4 Å². The normalized spacial score (nSPS) is 14.7. The van der Waals surface area contributed by atoms with Gasteiger partial charge in [0.15, 0.2) is 0 Å². The standard InChI is InChI=1S/C21H22N4O3S2/c26-21(23-13-20-24-19(14-29-20)15-8-10-22-11-9-15)16-4-3-7-18(12-16)30(27,28)25-17-5-1-2-6-17/h3-4,7-12,14,17,25H,1-2,5-6,13H2,(H,23,26). The molecule has 7 nitrogen and oxygen atoms in total. The molecule has 4 rings (SSSR count). The van der Waals surface area contributed by atoms with Gasteiger partial charge in [0.2, 0.25) is 10.0 Å². The molecular formula is C21H22N4O3S2. The maximum absolute atomic E-state index is 12.6. The maximum atomic E-state index is 12.6. The van der Waals surface area contributed by atoms with Crippen LogP contribution in [0.4, 0.5) is 0 Å². The Morgan fingerprint density at radius 2 is 1.90 bits per heavy atom. The minimum atomic E-state index is -3.64. The van der Waals surface area contributed by atoms with Gasteiger partial charge in [-0.25, -0.2) is 18.1 Å². The van der Waals surface area contributed by atoms with Crippen molar-refractivity contribution in [1.82, 2.24) is 20.0 Å². The lowest BCUT2D eigenvalue weighted by Gasteiger charge is -2.13. The van der Waals surface area contributed by atoms with Crippen LogP contribution in [0.5, 0.6) is 0 Å². The highest BCUT2D eigenvalue weighted by Crippen LogP contribution is 2.22. The van der Waals surface area contributed by atoms with Crippen molar-refractivity contribution in [1.29, 1.82) is 0 Å². The number of carbonyl (C=O) groups excluding carboxylic acids is 1. The molecule has 1 aliphatic carbocycles. The Morgan fingerprint density at radius 3 is 2.67 bits per heavy atom. The van der Waals surface area contributed by atoms with Crippen molar-refractivity contribution < 1.29 is 13.2 Å². The van der Waals surface area contributed by atoms with E-state index in [1.165, 1.54) is 23.5 Å². The quantitative estimate of drug-likeness (QED) is 0.584. The summed E-state index contributed by atoms with van der Waals surface area (Å²) in [5.41, 5.74) is 2.10. The van der Waals surface area contributed by atoms with Crippen LogP contribution in [0.1, 0.15) is 41.0 Å². The Hall–Kier alpha value is -2.62. The molecule has 9 heteroatoms. The van der Waals surface area contributed by atoms with Crippen LogP contribution in [-0.4, -0.2) is 30.3 Å². The minimum absolute atomic E-state index is 0.0213. The van der Waals surface area contributed by atoms with Gasteiger partial charge in [0, 0.05) is 34.9 Å². The number of thiazole rings is 1. The van der Waals surface area contributed by atoms with Crippen molar-refractivity contribution in [2.24, 2.45) is 0 Å². The Morgan fingerprint density at radius 1 is 1.13 bits per heavy atom. The number of aromatic nitrogens is 2. The summed E-state index contributed by atoms with van der Waals surface area (Å²) in [5, 5.41) is 5.51. The first-order chi connectivity index (χ1) is 14.5. The SMILES string of the molecule is O=C(NCc1nc(-c2ccncc2)cs1)c1cccc(S(=O)(=O)NC2CCCC2)c1. The van der Waals surface area contributed by atoms with E-state index in [1.807, 2.05) is 17.5 Å². The van der Waals surface area contributed by atoms with Crippen molar-refractivity contribution in [3.05, 3.63) is 64.7 Å². The van der Waals surface area contributed by atoms with Crippen LogP contribution in [-0.2, 0) is 16.6 Å². The average Bonchev–Trinajstić information content (AvgIpc) is 3.44. The van der Waals surface area contributed by atoms with Gasteiger partial charge in [-0.05, 0) is 43.2 Å². The number of carbonyl (C=O) groups is 1. The number of amides is 1. The first kappa shape index (κ1) is 20.6. The molecule has 0 bridgehead atoms. The number of rotatable bonds is 7. The lowest BCUT2D eigenvalue weighted by atomic mass is 10.2. The van der Waals surface area contributed by atoms with Gasteiger partial charge in [-0.1, -0.05) is 18.9 Å². The van der Waals surface area contributed by atoms with E-state index in [0.717, 1.165) is 41.9 Å². The summed E-state index contributed by atoms with van der Waals surface area (Å²) in [7, 11) is -3.64. The molecule has 3 aromatic rings. The predicted octanol–water partition coefficient (Wildman–Crippen LogP) is 3.36. The van der Waals surface area contributed by atoms with Gasteiger partial charge in [-0.2, -0.15) is 0 Å². The van der Waals surface area contributed by atoms with E-state index in [1.54, 1.807) is 24.5 Å². The fourth-order valence-electron chi connectivity index (χ4n) is 3.44. The second-order valence-corrected chi connectivity index (χ2v) is 9.83. The molecule has 0 unspecified atom stereocenters. The third kappa shape index (κ3) is 4.92. The zero-order valence-corrected chi connectivity index (χ0v) is 17.9. The summed E-state index contributed by atoms with van der Waals surface area (Å²) in [4.78, 5) is 21.2. The molecular weight excluding hydrogens is 420 g/mol. The lowest BCUT2D eigenvalue weighted by molar-refractivity contribution is 0.0950. The molecule has 0 spiro atoms. The highest BCUT2D eigenvalue weighted by molar-refractivity contribution is 7.89. The first-order valence-corrected chi connectivity index (χ1v) is 12.1. The summed E-state index contributed by atoms with van der Waals surface area (Å²) < 4.78 is 28.0. The molecule has 0 radical (unpaired) electrons. The molecule has 2 N–H and O–H groups in total. The summed E-state index contributed by atoms with van der Waals surface area (Å²) in [6.07, 6.45) is 7.20. The highest BCUT2D eigenvalue weighted by atomic mass is 32.2. The largest absolute Gasteiger partial charge is 0.346 e. The molecule has 2 aromatic heterocycles. The fraction of sp³-hybridized carbons (Fsp3) is 0.286. The molecule has 0 saturated heterocycles. The maximum Gasteiger partial charge on any atom is 0.251 e. The van der Waals surface area contributed by atoms with E-state index in [2.05, 4.69) is 20.0 Å². The van der Waals surface area contributed by atoms with Crippen LogP contribution >= 0.6 is 11.3 Å². The molecule has 1 amide bonds. The Kier molecular flexibility index (Phi) is 6.21. The number of hydrogen-bond donors (Lipinski definition) is 2. The molecule has 156 valence electrons. The number of pyridine rings is 1. The summed E-state index contributed by atoms with van der Waals surface area (Å²) in [6.45, 7) is 0.270. The van der Waals surface area contributed by atoms with Gasteiger partial charge in [0.1, 0.15) is 5.01 Å². The van der Waals surface area contributed by atoms with Crippen molar-refractivity contribution in [2.75, 3.05) is 0 Å². The average molecular weight is 443 g/mol. The van der Waals surface area contributed by atoms with Crippen LogP contribution in [0.25, 0.3) is 11.3 Å². The van der Waals surface area contributed by atoms with Gasteiger partial charge in [0.25, 0.3) is 5.91 Å². The smallest absolute Gasteiger partial charge is 0.251 e. The summed E-state index contributed by atoms with van der Waals surface area (Å²) in [5.74, 6) is -0.339. The summed E-state index contributed by atoms with van der Waals surface area (Å²) in [6, 6.07) is 9.85. The number of nitrogens with zero attached hydrogens (tertiary/aromatic N) is 2. The molecule has 30 heavy (non-hydrogen) atoms. The number of nitrogens with one attached hydrogen (secondary N) is 2. The van der Waals surface area contributed by atoms with E-state index >= 15 is 0 Å². The second-order valence-electron chi connectivity index (χ2n) is 7.18. The van der Waals surface area contributed by atoms with Crippen LogP contribution in [0.2, 0.25) is 0 Å². The molecule has 1 fully saturated rings. The van der Waals surface area contributed by atoms with Gasteiger partial charge in [-0.15, -0.1) is 11.3 Å². The van der Waals surface area contributed by atoms with Crippen LogP contribution in [0.15, 0.2) is 59.1 Å². The Bertz CT molecular complexity index is 1120. The van der Waals surface area contributed by atoms with Gasteiger partial charge in [-0.3, -0.25) is 9.78 Å². The van der Waals surface area contributed by atoms with Crippen molar-refractivity contribution >= 4 is 27.3 Å². The molecule has 0 atom stereocenters. The van der Waals surface area contributed by atoms with Crippen LogP contribution < -0.4 is 10.0 Å². The third-order valence-electron chi connectivity index (χ3n) is 5.01. The Balaban J connectivity index is 1.40. The highest BCUT2D eigenvalue weighted by Gasteiger charge is 2.23.